The van der Waals surface area contributed by atoms with Crippen LogP contribution in [0.25, 0.3) is 94.9 Å². The lowest BCUT2D eigenvalue weighted by atomic mass is 10.0. The Hall–Kier alpha value is -6.50. The molecule has 0 unspecified atom stereocenters. The number of fused-ring (bicyclic) bond motifs is 11. The highest BCUT2D eigenvalue weighted by Gasteiger charge is 2.26. The second-order valence-corrected chi connectivity index (χ2v) is 19.8. The van der Waals surface area contributed by atoms with E-state index in [0.717, 1.165) is 24.3 Å². The number of phenols is 1. The summed E-state index contributed by atoms with van der Waals surface area (Å²) in [6.07, 6.45) is 7.65. The summed E-state index contributed by atoms with van der Waals surface area (Å²) >= 11 is 4.00. The third-order valence-electron chi connectivity index (χ3n) is 14.3. The fourth-order valence-electron chi connectivity index (χ4n) is 11.3. The van der Waals surface area contributed by atoms with E-state index in [0.29, 0.717) is 5.75 Å². The highest BCUT2D eigenvalue weighted by molar-refractivity contribution is 7.38. The average molecular weight is 848 g/mol. The third kappa shape index (κ3) is 5.04. The Bertz CT molecular complexity index is 4310. The maximum Gasteiger partial charge on any atom is 0.147 e. The molecule has 2 N–H and O–H groups in total. The Morgan fingerprint density at radius 1 is 0.397 bits per heavy atom. The van der Waals surface area contributed by atoms with Crippen LogP contribution >= 0.6 is 22.7 Å². The van der Waals surface area contributed by atoms with Crippen LogP contribution in [0.3, 0.4) is 0 Å². The summed E-state index contributed by atoms with van der Waals surface area (Å²) in [7, 11) is 0. The van der Waals surface area contributed by atoms with Gasteiger partial charge in [-0.25, -0.2) is 0 Å². The molecular weight excluding hydrogens is 807 g/mol. The molecule has 2 heterocycles. The highest BCUT2D eigenvalue weighted by Crippen LogP contribution is 2.55. The lowest BCUT2D eigenvalue weighted by Crippen LogP contribution is -2.19. The van der Waals surface area contributed by atoms with Crippen LogP contribution in [-0.2, 0) is 0 Å². The molecule has 0 fully saturated rings. The van der Waals surface area contributed by atoms with Crippen molar-refractivity contribution >= 4 is 95.3 Å². The molecule has 0 spiro atoms. The van der Waals surface area contributed by atoms with E-state index in [1.807, 2.05) is 34.8 Å². The van der Waals surface area contributed by atoms with E-state index >= 15 is 0 Å². The summed E-state index contributed by atoms with van der Waals surface area (Å²) in [6.45, 7) is 3.13. The predicted octanol–water partition coefficient (Wildman–Crippen LogP) is 15.8. The SMILES string of the molecule is CCCCCCCCNOc1ccc(-c2ccc3c(c2)=c2ccc4c5sc6c(sc7c8ccc9c%10c(ccc(c%108)c76)=c6ccc(-c7ccc(O)cc7)cc6=9)c5c5ccc=3c2c45)cc1. The number of unbranched alkanes of at least 4 members (excludes halogenated alkanes) is 5. The molecular formula is C58H41NO2S2. The topological polar surface area (TPSA) is 41.5 Å². The van der Waals surface area contributed by atoms with E-state index in [1.165, 1.54) is 163 Å². The zero-order valence-corrected chi connectivity index (χ0v) is 36.5. The van der Waals surface area contributed by atoms with Gasteiger partial charge in [0, 0.05) is 37.5 Å². The van der Waals surface area contributed by atoms with Crippen LogP contribution in [0.4, 0.5) is 0 Å². The minimum Gasteiger partial charge on any atom is -0.508 e. The smallest absolute Gasteiger partial charge is 0.147 e. The molecule has 0 radical (unpaired) electrons. The first-order valence-electron chi connectivity index (χ1n) is 22.5. The fraction of sp³-hybridized carbons (Fsp3) is 0.138. The summed E-state index contributed by atoms with van der Waals surface area (Å²) in [4.78, 5) is 5.89. The molecule has 12 aromatic rings. The van der Waals surface area contributed by atoms with Gasteiger partial charge in [-0.15, -0.1) is 22.7 Å². The standard InChI is InChI=1S/C58H41NO2S2/c1-2-3-4-5-6-7-28-59-61-36-16-10-32(11-17-36)34-13-19-38-40-21-25-44-52-46(27-23-42(50(40)52)48(38)30-34)56-54(44)58-57(63-56)53-43-24-20-39-37-18-12-33(31-8-14-35(60)15-9-31)29-47(37)41-22-26-45(55(53)62-58)51(43)49(39)41/h8-27,29-30,59-60H,2-7,28H2,1H3. The van der Waals surface area contributed by atoms with Crippen molar-refractivity contribution in [1.29, 1.82) is 0 Å². The molecule has 3 nitrogen and oxygen atoms in total. The zero-order valence-electron chi connectivity index (χ0n) is 34.8. The Balaban J connectivity index is 0.865. The number of hydrogen-bond donors (Lipinski definition) is 2. The first kappa shape index (κ1) is 36.0. The minimum atomic E-state index is 0.290. The maximum atomic E-state index is 9.90. The van der Waals surface area contributed by atoms with Crippen LogP contribution in [0.2, 0.25) is 0 Å². The van der Waals surface area contributed by atoms with Crippen LogP contribution in [-0.4, -0.2) is 11.7 Å². The predicted molar refractivity (Wildman–Crippen MR) is 265 cm³/mol. The van der Waals surface area contributed by atoms with Gasteiger partial charge >= 0.3 is 0 Å². The Morgan fingerprint density at radius 2 is 0.841 bits per heavy atom. The number of rotatable bonds is 11. The lowest BCUT2D eigenvalue weighted by Gasteiger charge is -2.08. The molecule has 2 aromatic heterocycles. The van der Waals surface area contributed by atoms with E-state index in [1.54, 1.807) is 12.1 Å². The molecule has 2 aliphatic rings. The number of phenolic OH excluding ortho intramolecular Hbond substituents is 1. The molecule has 0 saturated heterocycles. The quantitative estimate of drug-likeness (QED) is 0.101. The van der Waals surface area contributed by atoms with E-state index in [4.69, 9.17) is 4.84 Å². The number of benzene rings is 8. The Morgan fingerprint density at radius 3 is 1.38 bits per heavy atom. The summed E-state index contributed by atoms with van der Waals surface area (Å²) < 4.78 is 5.69. The largest absolute Gasteiger partial charge is 0.508 e. The van der Waals surface area contributed by atoms with Gasteiger partial charge in [0.2, 0.25) is 0 Å². The van der Waals surface area contributed by atoms with Crippen molar-refractivity contribution in [2.24, 2.45) is 0 Å². The van der Waals surface area contributed by atoms with Crippen molar-refractivity contribution in [3.63, 3.8) is 0 Å². The van der Waals surface area contributed by atoms with Crippen molar-refractivity contribution in [3.8, 4) is 33.8 Å². The molecule has 5 heteroatoms. The summed E-state index contributed by atoms with van der Waals surface area (Å²) in [5.74, 6) is 1.14. The van der Waals surface area contributed by atoms with Gasteiger partial charge < -0.3 is 9.94 Å². The molecule has 10 aromatic carbocycles. The van der Waals surface area contributed by atoms with Crippen LogP contribution in [0, 0.1) is 41.7 Å². The summed E-state index contributed by atoms with van der Waals surface area (Å²) in [6, 6.07) is 49.0. The van der Waals surface area contributed by atoms with Crippen LogP contribution in [0.15, 0.2) is 133 Å². The van der Waals surface area contributed by atoms with Gasteiger partial charge in [0.15, 0.2) is 0 Å². The van der Waals surface area contributed by atoms with Gasteiger partial charge in [-0.3, -0.25) is 0 Å². The van der Waals surface area contributed by atoms with E-state index in [9.17, 15) is 5.11 Å². The molecule has 0 saturated carbocycles. The number of thiophene rings is 2. The Kier molecular flexibility index (Phi) is 7.72. The van der Waals surface area contributed by atoms with Crippen molar-refractivity contribution in [2.75, 3.05) is 6.54 Å². The van der Waals surface area contributed by atoms with Crippen LogP contribution < -0.4 is 10.3 Å². The highest BCUT2D eigenvalue weighted by atomic mass is 32.1. The van der Waals surface area contributed by atoms with Crippen molar-refractivity contribution in [1.82, 2.24) is 5.48 Å². The van der Waals surface area contributed by atoms with Crippen molar-refractivity contribution in [3.05, 3.63) is 175 Å². The molecule has 0 bridgehead atoms. The van der Waals surface area contributed by atoms with Crippen molar-refractivity contribution in [2.45, 2.75) is 45.4 Å². The first-order chi connectivity index (χ1) is 31.1. The average Bonchev–Trinajstić information content (AvgIpc) is 4.15. The lowest BCUT2D eigenvalue weighted by molar-refractivity contribution is 0.193. The molecule has 14 rings (SSSR count). The van der Waals surface area contributed by atoms with E-state index in [-0.39, 0.29) is 0 Å². The van der Waals surface area contributed by atoms with Gasteiger partial charge in [-0.1, -0.05) is 136 Å². The number of hydroxylamine groups is 1. The van der Waals surface area contributed by atoms with Gasteiger partial charge in [0.1, 0.15) is 11.5 Å². The normalized spacial score (nSPS) is 12.8. The molecule has 2 aliphatic carbocycles. The number of hydrogen-bond acceptors (Lipinski definition) is 5. The second-order valence-electron chi connectivity index (χ2n) is 17.8. The van der Waals surface area contributed by atoms with Gasteiger partial charge in [-0.05, 0) is 139 Å². The van der Waals surface area contributed by atoms with Crippen molar-refractivity contribution < 1.29 is 9.94 Å². The zero-order chi connectivity index (χ0) is 41.5. The van der Waals surface area contributed by atoms with Gasteiger partial charge in [-0.2, -0.15) is 5.48 Å². The van der Waals surface area contributed by atoms with Crippen LogP contribution in [0.5, 0.6) is 11.5 Å². The number of aromatic hydroxyl groups is 1. The Labute approximate surface area is 369 Å². The van der Waals surface area contributed by atoms with Gasteiger partial charge in [0.05, 0.1) is 9.40 Å². The number of nitrogens with one attached hydrogen (secondary N) is 1. The fourth-order valence-corrected chi connectivity index (χ4v) is 14.3. The maximum absolute atomic E-state index is 9.90. The third-order valence-corrected chi connectivity index (χ3v) is 16.9. The van der Waals surface area contributed by atoms with Crippen LogP contribution in [0.1, 0.15) is 45.4 Å². The molecule has 302 valence electrons. The van der Waals surface area contributed by atoms with Gasteiger partial charge in [0.25, 0.3) is 0 Å². The minimum absolute atomic E-state index is 0.290. The molecule has 0 aliphatic heterocycles. The monoisotopic (exact) mass is 847 g/mol. The first-order valence-corrected chi connectivity index (χ1v) is 24.2. The molecule has 0 amide bonds. The molecule has 0 atom stereocenters. The van der Waals surface area contributed by atoms with E-state index < -0.39 is 0 Å². The van der Waals surface area contributed by atoms with E-state index in [2.05, 4.69) is 122 Å². The molecule has 63 heavy (non-hydrogen) atoms. The second kappa shape index (κ2) is 13.5. The summed E-state index contributed by atoms with van der Waals surface area (Å²) in [5, 5.41) is 34.5. The summed E-state index contributed by atoms with van der Waals surface area (Å²) in [5.41, 5.74) is 7.86.